The molecule has 0 fully saturated rings. The molecule has 0 radical (unpaired) electrons. The van der Waals surface area contributed by atoms with E-state index in [1.165, 1.54) is 11.6 Å². The van der Waals surface area contributed by atoms with Crippen LogP contribution in [0.5, 0.6) is 5.75 Å². The highest BCUT2D eigenvalue weighted by Gasteiger charge is 2.17. The zero-order chi connectivity index (χ0) is 15.5. The van der Waals surface area contributed by atoms with Crippen LogP contribution in [0.25, 0.3) is 0 Å². The van der Waals surface area contributed by atoms with Gasteiger partial charge in [-0.15, -0.1) is 0 Å². The summed E-state index contributed by atoms with van der Waals surface area (Å²) in [5.74, 6) is 0.816. The molecule has 2 heterocycles. The summed E-state index contributed by atoms with van der Waals surface area (Å²) in [5.41, 5.74) is 3.06. The van der Waals surface area contributed by atoms with E-state index in [0.29, 0.717) is 6.54 Å². The molecule has 114 valence electrons. The Morgan fingerprint density at radius 2 is 2.41 bits per heavy atom. The Hall–Kier alpha value is -2.56. The minimum absolute atomic E-state index is 0.132. The van der Waals surface area contributed by atoms with Gasteiger partial charge in [-0.3, -0.25) is 9.48 Å². The maximum atomic E-state index is 12.2. The van der Waals surface area contributed by atoms with Gasteiger partial charge in [-0.2, -0.15) is 5.10 Å². The van der Waals surface area contributed by atoms with Gasteiger partial charge < -0.3 is 9.64 Å². The summed E-state index contributed by atoms with van der Waals surface area (Å²) >= 11 is 0. The number of hydrogen-bond donors (Lipinski definition) is 0. The quantitative estimate of drug-likeness (QED) is 0.797. The van der Waals surface area contributed by atoms with E-state index in [-0.39, 0.29) is 5.91 Å². The summed E-state index contributed by atoms with van der Waals surface area (Å²) in [7, 11) is 0. The van der Waals surface area contributed by atoms with Gasteiger partial charge in [0.15, 0.2) is 0 Å². The molecule has 5 heteroatoms. The average Bonchev–Trinajstić information content (AvgIpc) is 3.20. The van der Waals surface area contributed by atoms with Crippen LogP contribution >= 0.6 is 0 Å². The van der Waals surface area contributed by atoms with Gasteiger partial charge in [0.2, 0.25) is 0 Å². The number of rotatable bonds is 5. The highest BCUT2D eigenvalue weighted by molar-refractivity contribution is 6.00. The monoisotopic (exact) mass is 297 g/mol. The molecule has 1 amide bonds. The lowest BCUT2D eigenvalue weighted by molar-refractivity contribution is -0.114. The van der Waals surface area contributed by atoms with E-state index >= 15 is 0 Å². The van der Waals surface area contributed by atoms with Crippen molar-refractivity contribution in [2.45, 2.75) is 26.4 Å². The first kappa shape index (κ1) is 14.4. The van der Waals surface area contributed by atoms with Crippen molar-refractivity contribution in [3.63, 3.8) is 0 Å². The minimum Gasteiger partial charge on any atom is -0.493 e. The number of carbonyl (C=O) groups is 1. The third kappa shape index (κ3) is 2.74. The van der Waals surface area contributed by atoms with E-state index in [1.54, 1.807) is 15.8 Å². The molecule has 5 nitrogen and oxygen atoms in total. The maximum absolute atomic E-state index is 12.2. The zero-order valence-electron chi connectivity index (χ0n) is 12.7. The molecule has 0 atom stereocenters. The minimum atomic E-state index is -0.132. The molecule has 0 unspecified atom stereocenters. The summed E-state index contributed by atoms with van der Waals surface area (Å²) in [6.45, 7) is 7.60. The van der Waals surface area contributed by atoms with E-state index < -0.39 is 0 Å². The summed E-state index contributed by atoms with van der Waals surface area (Å²) in [6.07, 6.45) is 5.84. The van der Waals surface area contributed by atoms with Crippen LogP contribution in [0.3, 0.4) is 0 Å². The van der Waals surface area contributed by atoms with Crippen LogP contribution in [0.15, 0.2) is 43.2 Å². The molecule has 1 aromatic heterocycles. The Bertz CT molecular complexity index is 706. The molecule has 1 aromatic carbocycles. The first-order valence-corrected chi connectivity index (χ1v) is 7.42. The first-order valence-electron chi connectivity index (χ1n) is 7.42. The fraction of sp³-hybridized carbons (Fsp3) is 0.294. The Morgan fingerprint density at radius 3 is 3.14 bits per heavy atom. The van der Waals surface area contributed by atoms with Crippen LogP contribution in [-0.2, 0) is 24.3 Å². The lowest BCUT2D eigenvalue weighted by Gasteiger charge is -2.19. The Kier molecular flexibility index (Phi) is 3.96. The number of amides is 1. The number of hydrogen-bond acceptors (Lipinski definition) is 3. The van der Waals surface area contributed by atoms with Crippen molar-refractivity contribution in [1.29, 1.82) is 0 Å². The highest BCUT2D eigenvalue weighted by Crippen LogP contribution is 2.27. The number of aromatic nitrogens is 2. The summed E-state index contributed by atoms with van der Waals surface area (Å²) in [5, 5.41) is 4.24. The van der Waals surface area contributed by atoms with E-state index in [2.05, 4.69) is 17.7 Å². The number of nitrogens with zero attached hydrogens (tertiary/aromatic N) is 3. The van der Waals surface area contributed by atoms with Crippen molar-refractivity contribution in [1.82, 2.24) is 9.78 Å². The van der Waals surface area contributed by atoms with Crippen LogP contribution in [0, 0.1) is 0 Å². The molecule has 0 saturated carbocycles. The Morgan fingerprint density at radius 1 is 1.55 bits per heavy atom. The molecule has 0 aliphatic carbocycles. The van der Waals surface area contributed by atoms with Gasteiger partial charge in [-0.05, 0) is 30.2 Å². The molecule has 3 rings (SSSR count). The number of carbonyl (C=O) groups excluding carboxylic acids is 1. The average molecular weight is 297 g/mol. The fourth-order valence-corrected chi connectivity index (χ4v) is 2.59. The van der Waals surface area contributed by atoms with E-state index in [1.807, 2.05) is 25.3 Å². The van der Waals surface area contributed by atoms with Crippen molar-refractivity contribution < 1.29 is 9.53 Å². The summed E-state index contributed by atoms with van der Waals surface area (Å²) in [6, 6.07) is 6.08. The van der Waals surface area contributed by atoms with Crippen molar-refractivity contribution in [2.24, 2.45) is 0 Å². The van der Waals surface area contributed by atoms with Gasteiger partial charge in [0.25, 0.3) is 5.91 Å². The second-order valence-electron chi connectivity index (χ2n) is 5.22. The van der Waals surface area contributed by atoms with E-state index in [0.717, 1.165) is 36.6 Å². The largest absolute Gasteiger partial charge is 0.493 e. The number of fused-ring (bicyclic) bond motifs is 1. The van der Waals surface area contributed by atoms with E-state index in [9.17, 15) is 4.79 Å². The molecule has 22 heavy (non-hydrogen) atoms. The molecular weight excluding hydrogens is 278 g/mol. The van der Waals surface area contributed by atoms with Gasteiger partial charge in [-0.1, -0.05) is 18.7 Å². The van der Waals surface area contributed by atoms with Crippen molar-refractivity contribution >= 4 is 11.6 Å². The smallest absolute Gasteiger partial charge is 0.250 e. The molecule has 1 aliphatic heterocycles. The predicted molar refractivity (Wildman–Crippen MR) is 84.9 cm³/mol. The summed E-state index contributed by atoms with van der Waals surface area (Å²) in [4.78, 5) is 13.9. The zero-order valence-corrected chi connectivity index (χ0v) is 12.7. The number of anilines is 1. The van der Waals surface area contributed by atoms with Crippen LogP contribution in [0.4, 0.5) is 5.69 Å². The molecule has 0 bridgehead atoms. The predicted octanol–water partition coefficient (Wildman–Crippen LogP) is 2.56. The molecular formula is C17H19N3O2. The van der Waals surface area contributed by atoms with Gasteiger partial charge in [0.1, 0.15) is 5.75 Å². The molecule has 0 spiro atoms. The third-order valence-corrected chi connectivity index (χ3v) is 3.79. The number of ether oxygens (including phenoxy) is 1. The standard InChI is InChI=1S/C17H19N3O2/c1-3-17(21)20(15-10-18-19(4-2)12-15)11-13-5-6-16-14(9-13)7-8-22-16/h3,5-6,9-10,12H,1,4,7-8,11H2,2H3. The normalized spacial score (nSPS) is 12.6. The topological polar surface area (TPSA) is 47.4 Å². The molecule has 0 N–H and O–H groups in total. The van der Waals surface area contributed by atoms with Crippen LogP contribution in [-0.4, -0.2) is 22.3 Å². The lowest BCUT2D eigenvalue weighted by atomic mass is 10.1. The second kappa shape index (κ2) is 6.05. The van der Waals surface area contributed by atoms with Crippen molar-refractivity contribution in [3.8, 4) is 5.75 Å². The van der Waals surface area contributed by atoms with Gasteiger partial charge >= 0.3 is 0 Å². The Labute approximate surface area is 129 Å². The van der Waals surface area contributed by atoms with E-state index in [4.69, 9.17) is 4.74 Å². The summed E-state index contributed by atoms with van der Waals surface area (Å²) < 4.78 is 7.32. The lowest BCUT2D eigenvalue weighted by Crippen LogP contribution is -2.28. The number of benzene rings is 1. The van der Waals surface area contributed by atoms with Crippen molar-refractivity contribution in [3.05, 3.63) is 54.4 Å². The SMILES string of the molecule is C=CC(=O)N(Cc1ccc2c(c1)CCO2)c1cnn(CC)c1. The fourth-order valence-electron chi connectivity index (χ4n) is 2.59. The van der Waals surface area contributed by atoms with Gasteiger partial charge in [0.05, 0.1) is 25.0 Å². The first-order chi connectivity index (χ1) is 10.7. The maximum Gasteiger partial charge on any atom is 0.250 e. The molecule has 2 aromatic rings. The van der Waals surface area contributed by atoms with Crippen LogP contribution in [0.2, 0.25) is 0 Å². The van der Waals surface area contributed by atoms with Crippen LogP contribution in [0.1, 0.15) is 18.1 Å². The molecule has 0 saturated heterocycles. The number of aryl methyl sites for hydroxylation is 1. The van der Waals surface area contributed by atoms with Gasteiger partial charge in [0, 0.05) is 19.2 Å². The van der Waals surface area contributed by atoms with Crippen molar-refractivity contribution in [2.75, 3.05) is 11.5 Å². The van der Waals surface area contributed by atoms with Crippen LogP contribution < -0.4 is 9.64 Å². The molecule has 1 aliphatic rings. The highest BCUT2D eigenvalue weighted by atomic mass is 16.5. The second-order valence-corrected chi connectivity index (χ2v) is 5.22. The van der Waals surface area contributed by atoms with Gasteiger partial charge in [-0.25, -0.2) is 0 Å². The third-order valence-electron chi connectivity index (χ3n) is 3.79. The Balaban J connectivity index is 1.86.